The molecule has 0 amide bonds. The fraction of sp³-hybridized carbons (Fsp3) is 0.200. The number of aliphatic hydroxyl groups excluding tert-OH is 1. The molecule has 5 heteroatoms. The predicted molar refractivity (Wildman–Crippen MR) is 75.5 cm³/mol. The monoisotopic (exact) mass is 342 g/mol. The maximum absolute atomic E-state index is 13.7. The highest BCUT2D eigenvalue weighted by molar-refractivity contribution is 9.10. The van der Waals surface area contributed by atoms with Crippen LogP contribution in [0.3, 0.4) is 0 Å². The third kappa shape index (κ3) is 3.35. The van der Waals surface area contributed by atoms with Gasteiger partial charge in [0.25, 0.3) is 0 Å². The van der Waals surface area contributed by atoms with Crippen molar-refractivity contribution in [3.8, 4) is 5.75 Å². The molecule has 2 aromatic rings. The second-order valence-electron chi connectivity index (χ2n) is 4.36. The van der Waals surface area contributed by atoms with Gasteiger partial charge in [-0.3, -0.25) is 0 Å². The Morgan fingerprint density at radius 1 is 1.20 bits per heavy atom. The third-order valence-electron chi connectivity index (χ3n) is 2.85. The third-order valence-corrected chi connectivity index (χ3v) is 3.74. The molecule has 0 bridgehead atoms. The number of aliphatic hydroxyl groups is 1. The minimum Gasteiger partial charge on any atom is -0.489 e. The van der Waals surface area contributed by atoms with Crippen molar-refractivity contribution in [2.75, 3.05) is 0 Å². The summed E-state index contributed by atoms with van der Waals surface area (Å²) in [6, 6.07) is 8.87. The smallest absolute Gasteiger partial charge is 0.137 e. The van der Waals surface area contributed by atoms with Crippen LogP contribution in [-0.4, -0.2) is 5.11 Å². The van der Waals surface area contributed by atoms with E-state index in [4.69, 9.17) is 4.74 Å². The molecule has 2 aromatic carbocycles. The Morgan fingerprint density at radius 3 is 2.60 bits per heavy atom. The summed E-state index contributed by atoms with van der Waals surface area (Å²) in [5, 5.41) is 9.34. The second-order valence-corrected chi connectivity index (χ2v) is 5.15. The SMILES string of the molecule is C[C@H](O)c1ccc(OCc2cccc(F)c2Br)cc1F. The number of halogens is 3. The number of ether oxygens (including phenoxy) is 1. The van der Waals surface area contributed by atoms with Gasteiger partial charge in [-0.1, -0.05) is 12.1 Å². The first-order chi connectivity index (χ1) is 9.49. The zero-order valence-electron chi connectivity index (χ0n) is 10.7. The van der Waals surface area contributed by atoms with Gasteiger partial charge in [-0.2, -0.15) is 0 Å². The van der Waals surface area contributed by atoms with Gasteiger partial charge in [0.15, 0.2) is 0 Å². The molecule has 0 spiro atoms. The molecule has 0 heterocycles. The fourth-order valence-corrected chi connectivity index (χ4v) is 2.14. The maximum Gasteiger partial charge on any atom is 0.137 e. The molecule has 0 aliphatic carbocycles. The van der Waals surface area contributed by atoms with Gasteiger partial charge in [0, 0.05) is 17.2 Å². The maximum atomic E-state index is 13.7. The lowest BCUT2D eigenvalue weighted by Gasteiger charge is -2.11. The van der Waals surface area contributed by atoms with Crippen LogP contribution in [0.5, 0.6) is 5.75 Å². The number of hydrogen-bond acceptors (Lipinski definition) is 2. The van der Waals surface area contributed by atoms with Crippen LogP contribution in [0.2, 0.25) is 0 Å². The van der Waals surface area contributed by atoms with Crippen molar-refractivity contribution in [3.05, 3.63) is 63.6 Å². The van der Waals surface area contributed by atoms with Crippen molar-refractivity contribution < 1.29 is 18.6 Å². The van der Waals surface area contributed by atoms with Crippen molar-refractivity contribution in [2.24, 2.45) is 0 Å². The molecular weight excluding hydrogens is 330 g/mol. The van der Waals surface area contributed by atoms with Crippen LogP contribution >= 0.6 is 15.9 Å². The van der Waals surface area contributed by atoms with E-state index in [1.165, 1.54) is 25.1 Å². The summed E-state index contributed by atoms with van der Waals surface area (Å²) in [6.45, 7) is 1.61. The lowest BCUT2D eigenvalue weighted by atomic mass is 10.1. The number of benzene rings is 2. The standard InChI is InChI=1S/C15H13BrF2O2/c1-9(19)12-6-5-11(7-14(12)18)20-8-10-3-2-4-13(17)15(10)16/h2-7,9,19H,8H2,1H3/t9-/m0/s1. The highest BCUT2D eigenvalue weighted by Crippen LogP contribution is 2.25. The van der Waals surface area contributed by atoms with E-state index in [1.54, 1.807) is 18.2 Å². The Labute approximate surface area is 124 Å². The van der Waals surface area contributed by atoms with Crippen molar-refractivity contribution in [1.82, 2.24) is 0 Å². The summed E-state index contributed by atoms with van der Waals surface area (Å²) < 4.78 is 32.7. The van der Waals surface area contributed by atoms with Gasteiger partial charge in [-0.15, -0.1) is 0 Å². The van der Waals surface area contributed by atoms with E-state index in [-0.39, 0.29) is 18.0 Å². The van der Waals surface area contributed by atoms with Crippen molar-refractivity contribution >= 4 is 15.9 Å². The quantitative estimate of drug-likeness (QED) is 0.894. The van der Waals surface area contributed by atoms with E-state index in [2.05, 4.69) is 15.9 Å². The zero-order valence-corrected chi connectivity index (χ0v) is 12.3. The molecule has 2 rings (SSSR count). The Balaban J connectivity index is 2.11. The molecule has 2 nitrogen and oxygen atoms in total. The van der Waals surface area contributed by atoms with Crippen LogP contribution in [0.15, 0.2) is 40.9 Å². The van der Waals surface area contributed by atoms with E-state index in [0.717, 1.165) is 0 Å². The van der Waals surface area contributed by atoms with Gasteiger partial charge in [0.1, 0.15) is 24.0 Å². The minimum absolute atomic E-state index is 0.117. The van der Waals surface area contributed by atoms with Crippen LogP contribution in [0.1, 0.15) is 24.2 Å². The molecule has 0 unspecified atom stereocenters. The number of hydrogen-bond donors (Lipinski definition) is 1. The van der Waals surface area contributed by atoms with Crippen LogP contribution < -0.4 is 4.74 Å². The van der Waals surface area contributed by atoms with Crippen LogP contribution in [0.4, 0.5) is 8.78 Å². The van der Waals surface area contributed by atoms with Crippen molar-refractivity contribution in [3.63, 3.8) is 0 Å². The van der Waals surface area contributed by atoms with Crippen molar-refractivity contribution in [1.29, 1.82) is 0 Å². The second kappa shape index (κ2) is 6.33. The van der Waals surface area contributed by atoms with Crippen LogP contribution in [-0.2, 0) is 6.61 Å². The predicted octanol–water partition coefficient (Wildman–Crippen LogP) is 4.36. The highest BCUT2D eigenvalue weighted by Gasteiger charge is 2.10. The Hall–Kier alpha value is -1.46. The van der Waals surface area contributed by atoms with E-state index >= 15 is 0 Å². The normalized spacial score (nSPS) is 12.2. The first kappa shape index (κ1) is 14.9. The Bertz CT molecular complexity index is 615. The Morgan fingerprint density at radius 2 is 1.95 bits per heavy atom. The molecule has 106 valence electrons. The molecule has 0 aromatic heterocycles. The van der Waals surface area contributed by atoms with Gasteiger partial charge in [0.2, 0.25) is 0 Å². The first-order valence-electron chi connectivity index (χ1n) is 6.02. The summed E-state index contributed by atoms with van der Waals surface area (Å²) in [6.07, 6.45) is -0.874. The largest absolute Gasteiger partial charge is 0.489 e. The summed E-state index contributed by atoms with van der Waals surface area (Å²) in [7, 11) is 0. The van der Waals surface area contributed by atoms with Gasteiger partial charge in [0.05, 0.1) is 10.6 Å². The summed E-state index contributed by atoms with van der Waals surface area (Å²) in [5.74, 6) is -0.583. The summed E-state index contributed by atoms with van der Waals surface area (Å²) in [5.41, 5.74) is 0.842. The van der Waals surface area contributed by atoms with E-state index < -0.39 is 11.9 Å². The molecule has 0 radical (unpaired) electrons. The van der Waals surface area contributed by atoms with Gasteiger partial charge in [-0.05, 0) is 41.1 Å². The van der Waals surface area contributed by atoms with Gasteiger partial charge >= 0.3 is 0 Å². The molecule has 0 saturated carbocycles. The van der Waals surface area contributed by atoms with Gasteiger partial charge < -0.3 is 9.84 Å². The van der Waals surface area contributed by atoms with Crippen LogP contribution in [0, 0.1) is 11.6 Å². The average molecular weight is 343 g/mol. The van der Waals surface area contributed by atoms with Crippen molar-refractivity contribution in [2.45, 2.75) is 19.6 Å². The summed E-state index contributed by atoms with van der Waals surface area (Å²) >= 11 is 3.14. The molecular formula is C15H13BrF2O2. The van der Waals surface area contributed by atoms with E-state index in [1.807, 2.05) is 0 Å². The van der Waals surface area contributed by atoms with E-state index in [9.17, 15) is 13.9 Å². The first-order valence-corrected chi connectivity index (χ1v) is 6.81. The molecule has 1 atom stereocenters. The van der Waals surface area contributed by atoms with Gasteiger partial charge in [-0.25, -0.2) is 8.78 Å². The fourth-order valence-electron chi connectivity index (χ4n) is 1.76. The summed E-state index contributed by atoms with van der Waals surface area (Å²) in [4.78, 5) is 0. The van der Waals surface area contributed by atoms with Crippen LogP contribution in [0.25, 0.3) is 0 Å². The minimum atomic E-state index is -0.874. The molecule has 0 aliphatic rings. The molecule has 0 saturated heterocycles. The molecule has 20 heavy (non-hydrogen) atoms. The van der Waals surface area contributed by atoms with E-state index in [0.29, 0.717) is 15.8 Å². The lowest BCUT2D eigenvalue weighted by Crippen LogP contribution is -2.00. The molecule has 1 N–H and O–H groups in total. The topological polar surface area (TPSA) is 29.5 Å². The molecule has 0 aliphatic heterocycles. The molecule has 0 fully saturated rings. The highest BCUT2D eigenvalue weighted by atomic mass is 79.9. The lowest BCUT2D eigenvalue weighted by molar-refractivity contribution is 0.194. The zero-order chi connectivity index (χ0) is 14.7. The number of rotatable bonds is 4. The average Bonchev–Trinajstić information content (AvgIpc) is 2.40. The Kier molecular flexibility index (Phi) is 4.73.